The second kappa shape index (κ2) is 10.7. The van der Waals surface area contributed by atoms with Gasteiger partial charge in [0.15, 0.2) is 5.76 Å². The van der Waals surface area contributed by atoms with E-state index in [1.165, 1.54) is 12.1 Å². The van der Waals surface area contributed by atoms with E-state index in [1.807, 2.05) is 54.6 Å². The molecule has 1 aliphatic rings. The first-order chi connectivity index (χ1) is 19.8. The van der Waals surface area contributed by atoms with E-state index in [2.05, 4.69) is 10.0 Å². The van der Waals surface area contributed by atoms with Gasteiger partial charge in [0.05, 0.1) is 17.4 Å². The zero-order chi connectivity index (χ0) is 28.6. The molecule has 0 bridgehead atoms. The van der Waals surface area contributed by atoms with Crippen LogP contribution in [0.15, 0.2) is 112 Å². The molecule has 9 heteroatoms. The van der Waals surface area contributed by atoms with Gasteiger partial charge in [0.2, 0.25) is 10.0 Å². The van der Waals surface area contributed by atoms with Crippen molar-refractivity contribution in [1.82, 2.24) is 4.72 Å². The number of hydrogen-bond acceptors (Lipinski definition) is 5. The Hall–Kier alpha value is -4.73. The Morgan fingerprint density at radius 3 is 2.22 bits per heavy atom. The van der Waals surface area contributed by atoms with E-state index in [0.717, 1.165) is 27.6 Å². The molecule has 8 nitrogen and oxygen atoms in total. The zero-order valence-corrected chi connectivity index (χ0v) is 22.6. The molecule has 1 amide bonds. The highest BCUT2D eigenvalue weighted by atomic mass is 32.2. The summed E-state index contributed by atoms with van der Waals surface area (Å²) >= 11 is 0. The van der Waals surface area contributed by atoms with Gasteiger partial charge in [-0.05, 0) is 71.0 Å². The topological polar surface area (TPSA) is 126 Å². The Morgan fingerprint density at radius 1 is 0.854 bits per heavy atom. The normalized spacial score (nSPS) is 16.4. The Morgan fingerprint density at radius 2 is 1.51 bits per heavy atom. The molecule has 41 heavy (non-hydrogen) atoms. The van der Waals surface area contributed by atoms with E-state index < -0.39 is 22.0 Å². The fourth-order valence-electron chi connectivity index (χ4n) is 5.35. The molecule has 0 spiro atoms. The van der Waals surface area contributed by atoms with Crippen LogP contribution < -0.4 is 10.0 Å². The van der Waals surface area contributed by atoms with Crippen molar-refractivity contribution in [1.29, 1.82) is 0 Å². The molecule has 0 saturated carbocycles. The molecule has 1 aliphatic carbocycles. The third-order valence-corrected chi connectivity index (χ3v) is 8.81. The number of fused-ring (bicyclic) bond motifs is 2. The number of carboxylic acids is 1. The summed E-state index contributed by atoms with van der Waals surface area (Å²) in [6.45, 7) is 0. The summed E-state index contributed by atoms with van der Waals surface area (Å²) in [7, 11) is -3.91. The number of amides is 1. The van der Waals surface area contributed by atoms with Gasteiger partial charge in [-0.1, -0.05) is 66.7 Å². The van der Waals surface area contributed by atoms with Gasteiger partial charge in [-0.15, -0.1) is 0 Å². The van der Waals surface area contributed by atoms with Gasteiger partial charge in [-0.2, -0.15) is 0 Å². The third-order valence-electron chi connectivity index (χ3n) is 7.35. The average molecular weight is 567 g/mol. The quantitative estimate of drug-likeness (QED) is 0.211. The fourth-order valence-corrected chi connectivity index (χ4v) is 6.63. The first-order valence-corrected chi connectivity index (χ1v) is 14.6. The largest absolute Gasteiger partial charge is 0.481 e. The molecule has 0 fully saturated rings. The van der Waals surface area contributed by atoms with Gasteiger partial charge >= 0.3 is 5.97 Å². The number of aliphatic carboxylic acids is 1. The second-order valence-electron chi connectivity index (χ2n) is 10.1. The average Bonchev–Trinajstić information content (AvgIpc) is 3.55. The predicted octanol–water partition coefficient (Wildman–Crippen LogP) is 6.02. The van der Waals surface area contributed by atoms with Crippen molar-refractivity contribution in [3.05, 3.63) is 120 Å². The van der Waals surface area contributed by atoms with E-state index in [9.17, 15) is 23.1 Å². The smallest absolute Gasteiger partial charge is 0.303 e. The summed E-state index contributed by atoms with van der Waals surface area (Å²) in [5, 5.41) is 13.0. The summed E-state index contributed by atoms with van der Waals surface area (Å²) in [6, 6.07) is 29.6. The fraction of sp³-hybridized carbons (Fsp3) is 0.125. The molecule has 206 valence electrons. The molecular formula is C32H26N2O6S. The van der Waals surface area contributed by atoms with Crippen LogP contribution in [0.2, 0.25) is 0 Å². The number of furan rings is 1. The summed E-state index contributed by atoms with van der Waals surface area (Å²) < 4.78 is 35.0. The monoisotopic (exact) mass is 566 g/mol. The second-order valence-corrected chi connectivity index (χ2v) is 11.8. The highest BCUT2D eigenvalue weighted by Gasteiger charge is 2.36. The van der Waals surface area contributed by atoms with Gasteiger partial charge in [0, 0.05) is 11.1 Å². The van der Waals surface area contributed by atoms with E-state index in [0.29, 0.717) is 17.7 Å². The zero-order valence-electron chi connectivity index (χ0n) is 21.8. The van der Waals surface area contributed by atoms with Crippen molar-refractivity contribution >= 4 is 38.6 Å². The summed E-state index contributed by atoms with van der Waals surface area (Å²) in [5.74, 6) is -1.47. The number of carboxylic acid groups (broad SMARTS) is 1. The van der Waals surface area contributed by atoms with E-state index >= 15 is 0 Å². The number of sulfonamides is 1. The number of para-hydroxylation sites is 1. The van der Waals surface area contributed by atoms with Crippen molar-refractivity contribution in [2.24, 2.45) is 5.92 Å². The summed E-state index contributed by atoms with van der Waals surface area (Å²) in [6.07, 6.45) is 0.374. The van der Waals surface area contributed by atoms with Crippen LogP contribution in [0.1, 0.15) is 34.1 Å². The number of carbonyl (C=O) groups excluding carboxylic acids is 1. The Kier molecular flexibility index (Phi) is 6.90. The molecule has 1 unspecified atom stereocenters. The van der Waals surface area contributed by atoms with Gasteiger partial charge < -0.3 is 14.8 Å². The molecule has 4 aromatic carbocycles. The maximum absolute atomic E-state index is 13.3. The number of anilines is 1. The highest BCUT2D eigenvalue weighted by Crippen LogP contribution is 2.39. The summed E-state index contributed by atoms with van der Waals surface area (Å²) in [4.78, 5) is 24.2. The lowest BCUT2D eigenvalue weighted by Crippen LogP contribution is -2.32. The Balaban J connectivity index is 1.15. The number of benzene rings is 4. The molecule has 2 atom stereocenters. The molecule has 1 heterocycles. The molecule has 5 aromatic rings. The lowest BCUT2D eigenvalue weighted by atomic mass is 9.98. The Labute approximate surface area is 236 Å². The maximum Gasteiger partial charge on any atom is 0.303 e. The first-order valence-electron chi connectivity index (χ1n) is 13.1. The van der Waals surface area contributed by atoms with Gasteiger partial charge in [-0.25, -0.2) is 13.1 Å². The van der Waals surface area contributed by atoms with Gasteiger partial charge in [0.25, 0.3) is 5.91 Å². The van der Waals surface area contributed by atoms with Gasteiger partial charge in [-0.3, -0.25) is 9.59 Å². The minimum Gasteiger partial charge on any atom is -0.481 e. The van der Waals surface area contributed by atoms with Crippen LogP contribution in [-0.4, -0.2) is 25.4 Å². The molecule has 3 N–H and O–H groups in total. The van der Waals surface area contributed by atoms with Gasteiger partial charge in [0.1, 0.15) is 5.58 Å². The minimum atomic E-state index is -3.91. The number of rotatable bonds is 8. The van der Waals surface area contributed by atoms with E-state index in [-0.39, 0.29) is 28.9 Å². The SMILES string of the molecule is O=C(O)C[C@@H]1Cc2ccccc2C1NS(=O)(=O)c1ccc(-c2ccc(NC(=O)c3cc4ccccc4o3)cc2)cc1. The number of carbonyl (C=O) groups is 2. The van der Waals surface area contributed by atoms with E-state index in [4.69, 9.17) is 4.42 Å². The maximum atomic E-state index is 13.3. The first kappa shape index (κ1) is 26.5. The van der Waals surface area contributed by atoms with Crippen LogP contribution in [0, 0.1) is 5.92 Å². The molecule has 0 aliphatic heterocycles. The lowest BCUT2D eigenvalue weighted by molar-refractivity contribution is -0.138. The minimum absolute atomic E-state index is 0.0921. The van der Waals surface area contributed by atoms with Crippen LogP contribution in [0.3, 0.4) is 0 Å². The number of nitrogens with one attached hydrogen (secondary N) is 2. The van der Waals surface area contributed by atoms with E-state index in [1.54, 1.807) is 36.4 Å². The predicted molar refractivity (Wildman–Crippen MR) is 155 cm³/mol. The summed E-state index contributed by atoms with van der Waals surface area (Å²) in [5.41, 5.74) is 4.64. The van der Waals surface area contributed by atoms with Crippen LogP contribution in [0.5, 0.6) is 0 Å². The van der Waals surface area contributed by atoms with Crippen LogP contribution in [0.4, 0.5) is 5.69 Å². The van der Waals surface area contributed by atoms with Crippen LogP contribution in [-0.2, 0) is 21.2 Å². The lowest BCUT2D eigenvalue weighted by Gasteiger charge is -2.21. The molecule has 0 saturated heterocycles. The Bertz CT molecular complexity index is 1830. The number of hydrogen-bond donors (Lipinski definition) is 3. The van der Waals surface area contributed by atoms with Crippen molar-refractivity contribution < 1.29 is 27.5 Å². The molecule has 1 aromatic heterocycles. The third kappa shape index (κ3) is 5.50. The van der Waals surface area contributed by atoms with Crippen molar-refractivity contribution in [2.75, 3.05) is 5.32 Å². The van der Waals surface area contributed by atoms with Crippen LogP contribution in [0.25, 0.3) is 22.1 Å². The van der Waals surface area contributed by atoms with Crippen LogP contribution >= 0.6 is 0 Å². The molecule has 6 rings (SSSR count). The van der Waals surface area contributed by atoms with Crippen molar-refractivity contribution in [2.45, 2.75) is 23.8 Å². The molecular weight excluding hydrogens is 540 g/mol. The standard InChI is InChI=1S/C32H26N2O6S/c35-30(36)19-24-17-22-5-1-3-7-27(22)31(24)34-41(38,39)26-15-11-21(12-16-26)20-9-13-25(14-10-20)33-32(37)29-18-23-6-2-4-8-28(23)40-29/h1-16,18,24,31,34H,17,19H2,(H,33,37)(H,35,36)/t24-,31?/m0/s1. The highest BCUT2D eigenvalue weighted by molar-refractivity contribution is 7.89. The molecule has 0 radical (unpaired) electrons. The van der Waals surface area contributed by atoms with Crippen molar-refractivity contribution in [3.63, 3.8) is 0 Å². The van der Waals surface area contributed by atoms with Crippen molar-refractivity contribution in [3.8, 4) is 11.1 Å².